The van der Waals surface area contributed by atoms with E-state index in [1.54, 1.807) is 24.3 Å². The van der Waals surface area contributed by atoms with Crippen LogP contribution in [0, 0.1) is 0 Å². The van der Waals surface area contributed by atoms with Crippen molar-refractivity contribution in [2.45, 2.75) is 25.3 Å². The van der Waals surface area contributed by atoms with E-state index in [0.717, 1.165) is 18.2 Å². The minimum Gasteiger partial charge on any atom is -0.338 e. The number of benzene rings is 1. The first-order valence-corrected chi connectivity index (χ1v) is 8.71. The highest BCUT2D eigenvalue weighted by Gasteiger charge is 2.28. The molecule has 2 aromatic rings. The molecule has 1 N–H and O–H groups in total. The molecule has 0 amide bonds. The zero-order chi connectivity index (χ0) is 15.6. The van der Waals surface area contributed by atoms with Crippen LogP contribution in [0.25, 0.3) is 6.08 Å². The van der Waals surface area contributed by atoms with Crippen molar-refractivity contribution in [3.8, 4) is 0 Å². The Labute approximate surface area is 133 Å². The second kappa shape index (κ2) is 6.20. The first-order valence-electron chi connectivity index (χ1n) is 6.78. The van der Waals surface area contributed by atoms with Gasteiger partial charge in [0, 0.05) is 16.3 Å². The van der Waals surface area contributed by atoms with E-state index in [1.807, 2.05) is 0 Å². The van der Waals surface area contributed by atoms with Crippen LogP contribution in [-0.2, 0) is 16.6 Å². The molecular formula is C14H14ClN3O3S. The third-order valence-corrected chi connectivity index (χ3v) is 4.57. The van der Waals surface area contributed by atoms with Crippen molar-refractivity contribution in [1.29, 1.82) is 0 Å². The molecule has 0 bridgehead atoms. The predicted octanol–water partition coefficient (Wildman–Crippen LogP) is 2.69. The van der Waals surface area contributed by atoms with Gasteiger partial charge in [-0.05, 0) is 30.5 Å². The van der Waals surface area contributed by atoms with Gasteiger partial charge >= 0.3 is 0 Å². The van der Waals surface area contributed by atoms with Gasteiger partial charge in [0.2, 0.25) is 15.9 Å². The zero-order valence-corrected chi connectivity index (χ0v) is 13.1. The molecule has 6 nitrogen and oxygen atoms in total. The van der Waals surface area contributed by atoms with Gasteiger partial charge in [-0.3, -0.25) is 0 Å². The molecule has 1 aliphatic rings. The SMILES string of the molecule is O=S(=O)(C=Cc1ccccc1Cl)NCc1nc(C2CC2)no1. The number of rotatable bonds is 6. The average Bonchev–Trinajstić information content (AvgIpc) is 3.23. The van der Waals surface area contributed by atoms with Gasteiger partial charge in [0.05, 0.1) is 6.54 Å². The van der Waals surface area contributed by atoms with Crippen molar-refractivity contribution in [2.75, 3.05) is 0 Å². The van der Waals surface area contributed by atoms with Gasteiger partial charge in [-0.25, -0.2) is 13.1 Å². The van der Waals surface area contributed by atoms with Gasteiger partial charge in [-0.2, -0.15) is 4.98 Å². The molecule has 0 aliphatic heterocycles. The molecular weight excluding hydrogens is 326 g/mol. The molecule has 22 heavy (non-hydrogen) atoms. The molecule has 0 unspecified atom stereocenters. The molecule has 1 heterocycles. The molecule has 0 atom stereocenters. The second-order valence-electron chi connectivity index (χ2n) is 5.01. The van der Waals surface area contributed by atoms with E-state index >= 15 is 0 Å². The number of hydrogen-bond donors (Lipinski definition) is 1. The van der Waals surface area contributed by atoms with Crippen molar-refractivity contribution < 1.29 is 12.9 Å². The Morgan fingerprint density at radius 3 is 2.86 bits per heavy atom. The molecule has 0 spiro atoms. The fourth-order valence-electron chi connectivity index (χ4n) is 1.83. The van der Waals surface area contributed by atoms with E-state index in [4.69, 9.17) is 16.1 Å². The quantitative estimate of drug-likeness (QED) is 0.874. The second-order valence-corrected chi connectivity index (χ2v) is 7.07. The number of nitrogens with one attached hydrogen (secondary N) is 1. The number of sulfonamides is 1. The van der Waals surface area contributed by atoms with E-state index in [9.17, 15) is 8.42 Å². The van der Waals surface area contributed by atoms with Gasteiger partial charge in [0.15, 0.2) is 5.82 Å². The first-order chi connectivity index (χ1) is 10.5. The Bertz CT molecular complexity index is 797. The summed E-state index contributed by atoms with van der Waals surface area (Å²) in [5.74, 6) is 1.28. The van der Waals surface area contributed by atoms with Gasteiger partial charge in [-0.1, -0.05) is 35.0 Å². The molecule has 1 aromatic carbocycles. The van der Waals surface area contributed by atoms with Gasteiger partial charge < -0.3 is 4.52 Å². The van der Waals surface area contributed by atoms with Gasteiger partial charge in [0.25, 0.3) is 0 Å². The minimum absolute atomic E-state index is 0.0328. The van der Waals surface area contributed by atoms with E-state index in [-0.39, 0.29) is 12.4 Å². The molecule has 1 saturated carbocycles. The highest BCUT2D eigenvalue weighted by molar-refractivity contribution is 7.92. The smallest absolute Gasteiger partial charge is 0.241 e. The summed E-state index contributed by atoms with van der Waals surface area (Å²) in [7, 11) is -3.61. The molecule has 0 radical (unpaired) electrons. The van der Waals surface area contributed by atoms with Crippen LogP contribution in [0.5, 0.6) is 0 Å². The third-order valence-electron chi connectivity index (χ3n) is 3.18. The number of hydrogen-bond acceptors (Lipinski definition) is 5. The summed E-state index contributed by atoms with van der Waals surface area (Å²) < 4.78 is 31.2. The largest absolute Gasteiger partial charge is 0.338 e. The molecule has 3 rings (SSSR count). The topological polar surface area (TPSA) is 85.1 Å². The molecule has 0 saturated heterocycles. The Hall–Kier alpha value is -1.70. The summed E-state index contributed by atoms with van der Waals surface area (Å²) >= 11 is 5.96. The Morgan fingerprint density at radius 2 is 2.14 bits per heavy atom. The average molecular weight is 340 g/mol. The summed E-state index contributed by atoms with van der Waals surface area (Å²) in [6.45, 7) is -0.0328. The summed E-state index contributed by atoms with van der Waals surface area (Å²) in [4.78, 5) is 4.16. The van der Waals surface area contributed by atoms with Crippen molar-refractivity contribution >= 4 is 27.7 Å². The Kier molecular flexibility index (Phi) is 4.28. The highest BCUT2D eigenvalue weighted by Crippen LogP contribution is 2.38. The van der Waals surface area contributed by atoms with Crippen LogP contribution in [0.3, 0.4) is 0 Å². The lowest BCUT2D eigenvalue weighted by atomic mass is 10.2. The van der Waals surface area contributed by atoms with Gasteiger partial charge in [-0.15, -0.1) is 0 Å². The van der Waals surface area contributed by atoms with Crippen molar-refractivity contribution in [3.63, 3.8) is 0 Å². The molecule has 1 aliphatic carbocycles. The van der Waals surface area contributed by atoms with Crippen LogP contribution >= 0.6 is 11.6 Å². The Balaban J connectivity index is 1.61. The number of halogens is 1. The summed E-state index contributed by atoms with van der Waals surface area (Å²) in [6, 6.07) is 6.98. The van der Waals surface area contributed by atoms with Crippen LogP contribution in [0.2, 0.25) is 5.02 Å². The van der Waals surface area contributed by atoms with E-state index in [0.29, 0.717) is 22.3 Å². The van der Waals surface area contributed by atoms with Crippen LogP contribution < -0.4 is 4.72 Å². The number of nitrogens with zero attached hydrogens (tertiary/aromatic N) is 2. The van der Waals surface area contributed by atoms with Crippen LogP contribution in [0.1, 0.15) is 36.0 Å². The maximum absolute atomic E-state index is 11.9. The maximum atomic E-state index is 11.9. The van der Waals surface area contributed by atoms with E-state index in [1.165, 1.54) is 6.08 Å². The lowest BCUT2D eigenvalue weighted by molar-refractivity contribution is 0.370. The summed E-state index contributed by atoms with van der Waals surface area (Å²) in [5, 5.41) is 5.38. The molecule has 8 heteroatoms. The number of aromatic nitrogens is 2. The molecule has 1 fully saturated rings. The fraction of sp³-hybridized carbons (Fsp3) is 0.286. The highest BCUT2D eigenvalue weighted by atomic mass is 35.5. The van der Waals surface area contributed by atoms with E-state index < -0.39 is 10.0 Å². The zero-order valence-electron chi connectivity index (χ0n) is 11.6. The lowest BCUT2D eigenvalue weighted by Crippen LogP contribution is -2.20. The van der Waals surface area contributed by atoms with Gasteiger partial charge in [0.1, 0.15) is 0 Å². The minimum atomic E-state index is -3.61. The summed E-state index contributed by atoms with van der Waals surface area (Å²) in [5.41, 5.74) is 0.628. The van der Waals surface area contributed by atoms with Crippen LogP contribution in [0.4, 0.5) is 0 Å². The Morgan fingerprint density at radius 1 is 1.36 bits per heavy atom. The van der Waals surface area contributed by atoms with Crippen molar-refractivity contribution in [1.82, 2.24) is 14.9 Å². The van der Waals surface area contributed by atoms with Crippen LogP contribution in [0.15, 0.2) is 34.2 Å². The van der Waals surface area contributed by atoms with E-state index in [2.05, 4.69) is 14.9 Å². The monoisotopic (exact) mass is 339 g/mol. The first kappa shape index (κ1) is 15.2. The molecule has 116 valence electrons. The molecule has 1 aromatic heterocycles. The van der Waals surface area contributed by atoms with Crippen molar-refractivity contribution in [3.05, 3.63) is 52.0 Å². The maximum Gasteiger partial charge on any atom is 0.241 e. The van der Waals surface area contributed by atoms with Crippen molar-refractivity contribution in [2.24, 2.45) is 0 Å². The fourth-order valence-corrected chi connectivity index (χ4v) is 2.78. The predicted molar refractivity (Wildman–Crippen MR) is 82.5 cm³/mol. The normalized spacial score (nSPS) is 15.5. The third kappa shape index (κ3) is 3.94. The lowest BCUT2D eigenvalue weighted by Gasteiger charge is -2.00. The standard InChI is InChI=1S/C14H14ClN3O3S/c15-12-4-2-1-3-10(12)7-8-22(19,20)16-9-13-17-14(18-21-13)11-5-6-11/h1-4,7-8,11,16H,5-6,9H2. The van der Waals surface area contributed by atoms with Crippen LogP contribution in [-0.4, -0.2) is 18.6 Å². The summed E-state index contributed by atoms with van der Waals surface area (Å²) in [6.07, 6.45) is 3.56.